The summed E-state index contributed by atoms with van der Waals surface area (Å²) >= 11 is 0. The highest BCUT2D eigenvalue weighted by Crippen LogP contribution is 2.28. The zero-order valence-electron chi connectivity index (χ0n) is 12.6. The second-order valence-electron chi connectivity index (χ2n) is 5.76. The molecule has 0 saturated carbocycles. The van der Waals surface area contributed by atoms with Crippen molar-refractivity contribution in [3.8, 4) is 12.3 Å². The van der Waals surface area contributed by atoms with Gasteiger partial charge in [-0.2, -0.15) is 0 Å². The van der Waals surface area contributed by atoms with Gasteiger partial charge in [-0.3, -0.25) is 0 Å². The molecule has 0 amide bonds. The van der Waals surface area contributed by atoms with Crippen LogP contribution in [0.15, 0.2) is 0 Å². The van der Waals surface area contributed by atoms with E-state index in [9.17, 15) is 0 Å². The highest BCUT2D eigenvalue weighted by molar-refractivity contribution is 5.11. The molecule has 17 heavy (non-hydrogen) atoms. The van der Waals surface area contributed by atoms with Crippen LogP contribution in [0.25, 0.3) is 0 Å². The van der Waals surface area contributed by atoms with E-state index in [0.29, 0.717) is 5.41 Å². The maximum atomic E-state index is 8.87. The number of ether oxygens (including phenoxy) is 1. The topological polar surface area (TPSA) is 29.5 Å². The van der Waals surface area contributed by atoms with E-state index in [1.807, 2.05) is 20.8 Å². The lowest BCUT2D eigenvalue weighted by molar-refractivity contribution is -0.0274. The third-order valence-corrected chi connectivity index (χ3v) is 1.90. The van der Waals surface area contributed by atoms with E-state index in [1.165, 1.54) is 0 Å². The third kappa shape index (κ3) is 10.4. The summed E-state index contributed by atoms with van der Waals surface area (Å²) in [6, 6.07) is 0. The Hall–Kier alpha value is -0.520. The monoisotopic (exact) mass is 242 g/mol. The number of aliphatic hydroxyl groups is 1. The largest absolute Gasteiger partial charge is 0.392 e. The second-order valence-corrected chi connectivity index (χ2v) is 5.76. The number of hydrogen-bond acceptors (Lipinski definition) is 2. The van der Waals surface area contributed by atoms with E-state index >= 15 is 0 Å². The van der Waals surface area contributed by atoms with Gasteiger partial charge in [-0.15, -0.1) is 6.42 Å². The third-order valence-electron chi connectivity index (χ3n) is 1.90. The Morgan fingerprint density at radius 2 is 1.76 bits per heavy atom. The first-order chi connectivity index (χ1) is 7.72. The van der Waals surface area contributed by atoms with Gasteiger partial charge in [-0.1, -0.05) is 47.5 Å². The molecule has 0 aromatic heterocycles. The molecular formula is C15H30O2. The van der Waals surface area contributed by atoms with Gasteiger partial charge in [0.2, 0.25) is 0 Å². The van der Waals surface area contributed by atoms with Gasteiger partial charge >= 0.3 is 0 Å². The molecule has 1 saturated heterocycles. The molecular weight excluding hydrogens is 212 g/mol. The van der Waals surface area contributed by atoms with Crippen molar-refractivity contribution in [3.05, 3.63) is 0 Å². The van der Waals surface area contributed by atoms with Crippen molar-refractivity contribution in [2.45, 2.75) is 73.0 Å². The summed E-state index contributed by atoms with van der Waals surface area (Å²) in [5.74, 6) is 2.49. The van der Waals surface area contributed by atoms with Crippen LogP contribution >= 0.6 is 0 Å². The van der Waals surface area contributed by atoms with Crippen LogP contribution < -0.4 is 0 Å². The van der Waals surface area contributed by atoms with Crippen molar-refractivity contribution < 1.29 is 9.84 Å². The number of terminal acetylenes is 1. The first-order valence-electron chi connectivity index (χ1n) is 6.49. The Balaban J connectivity index is 0. The van der Waals surface area contributed by atoms with Crippen LogP contribution in [-0.2, 0) is 4.74 Å². The van der Waals surface area contributed by atoms with E-state index in [1.54, 1.807) is 0 Å². The van der Waals surface area contributed by atoms with Crippen LogP contribution in [0.5, 0.6) is 0 Å². The predicted molar refractivity (Wildman–Crippen MR) is 74.9 cm³/mol. The minimum Gasteiger partial charge on any atom is -0.392 e. The molecule has 0 aromatic carbocycles. The molecule has 1 heterocycles. The van der Waals surface area contributed by atoms with Gasteiger partial charge in [-0.25, -0.2) is 0 Å². The van der Waals surface area contributed by atoms with E-state index < -0.39 is 5.60 Å². The molecule has 1 fully saturated rings. The number of aliphatic hydroxyl groups excluding tert-OH is 1. The van der Waals surface area contributed by atoms with E-state index in [4.69, 9.17) is 16.3 Å². The summed E-state index contributed by atoms with van der Waals surface area (Å²) in [6.07, 6.45) is 7.13. The van der Waals surface area contributed by atoms with Crippen molar-refractivity contribution in [2.75, 3.05) is 6.61 Å². The Morgan fingerprint density at radius 3 is 1.88 bits per heavy atom. The number of hydrogen-bond donors (Lipinski definition) is 1. The van der Waals surface area contributed by atoms with Crippen LogP contribution in [0.3, 0.4) is 0 Å². The Labute approximate surface area is 108 Å². The molecule has 0 radical (unpaired) electrons. The van der Waals surface area contributed by atoms with Crippen LogP contribution in [0.1, 0.15) is 61.3 Å². The summed E-state index contributed by atoms with van der Waals surface area (Å²) in [5, 5.41) is 8.87. The predicted octanol–water partition coefficient (Wildman–Crippen LogP) is 3.63. The molecule has 1 rings (SSSR count). The lowest BCUT2D eigenvalue weighted by atomic mass is 10.0. The molecule has 2 heteroatoms. The van der Waals surface area contributed by atoms with Crippen molar-refractivity contribution in [1.29, 1.82) is 0 Å². The molecule has 1 aliphatic heterocycles. The maximum absolute atomic E-state index is 8.87. The Bertz CT molecular complexity index is 216. The molecule has 102 valence electrons. The van der Waals surface area contributed by atoms with Crippen molar-refractivity contribution in [1.82, 2.24) is 0 Å². The Kier molecular flexibility index (Phi) is 9.48. The van der Waals surface area contributed by atoms with Crippen LogP contribution in [0.2, 0.25) is 0 Å². The van der Waals surface area contributed by atoms with Gasteiger partial charge in [0, 0.05) is 0 Å². The lowest BCUT2D eigenvalue weighted by Gasteiger charge is -2.19. The van der Waals surface area contributed by atoms with Gasteiger partial charge < -0.3 is 9.84 Å². The molecule has 1 N–H and O–H groups in total. The van der Waals surface area contributed by atoms with E-state index in [-0.39, 0.29) is 12.7 Å². The molecule has 1 aliphatic rings. The summed E-state index contributed by atoms with van der Waals surface area (Å²) in [4.78, 5) is 0. The summed E-state index contributed by atoms with van der Waals surface area (Å²) < 4.78 is 5.36. The standard InChI is InChI=1S/C8H12O2.C5H12.C2H6/c1-3-8(6-9)5-4-7(2)10-8;1-5(2,3)4;1-2/h1,7,9H,4-6H2,2H3;1-4H3;1-2H3/t7?,8-;;/m0../s1. The van der Waals surface area contributed by atoms with Gasteiger partial charge in [0.1, 0.15) is 0 Å². The first kappa shape index (κ1) is 18.8. The minimum absolute atomic E-state index is 0.0617. The Morgan fingerprint density at radius 1 is 1.35 bits per heavy atom. The van der Waals surface area contributed by atoms with Crippen LogP contribution in [-0.4, -0.2) is 23.4 Å². The van der Waals surface area contributed by atoms with Crippen molar-refractivity contribution >= 4 is 0 Å². The summed E-state index contributed by atoms with van der Waals surface area (Å²) in [7, 11) is 0. The van der Waals surface area contributed by atoms with Crippen LogP contribution in [0.4, 0.5) is 0 Å². The molecule has 0 bridgehead atoms. The molecule has 0 aliphatic carbocycles. The maximum Gasteiger partial charge on any atom is 0.151 e. The minimum atomic E-state index is -0.667. The van der Waals surface area contributed by atoms with Crippen molar-refractivity contribution in [3.63, 3.8) is 0 Å². The highest BCUT2D eigenvalue weighted by Gasteiger charge is 2.35. The van der Waals surface area contributed by atoms with E-state index in [0.717, 1.165) is 12.8 Å². The average Bonchev–Trinajstić information content (AvgIpc) is 2.62. The fourth-order valence-corrected chi connectivity index (χ4v) is 1.21. The fraction of sp³-hybridized carbons (Fsp3) is 0.867. The highest BCUT2D eigenvalue weighted by atomic mass is 16.5. The van der Waals surface area contributed by atoms with Crippen LogP contribution in [0, 0.1) is 17.8 Å². The molecule has 1 unspecified atom stereocenters. The van der Waals surface area contributed by atoms with Gasteiger partial charge in [-0.05, 0) is 25.2 Å². The number of rotatable bonds is 1. The smallest absolute Gasteiger partial charge is 0.151 e. The summed E-state index contributed by atoms with van der Waals surface area (Å²) in [6.45, 7) is 14.7. The van der Waals surface area contributed by atoms with Gasteiger partial charge in [0.25, 0.3) is 0 Å². The SMILES string of the molecule is C#C[C@@]1(CO)CCC(C)O1.CC.CC(C)(C)C. The zero-order valence-corrected chi connectivity index (χ0v) is 12.6. The van der Waals surface area contributed by atoms with E-state index in [2.05, 4.69) is 33.6 Å². The fourth-order valence-electron chi connectivity index (χ4n) is 1.21. The lowest BCUT2D eigenvalue weighted by Crippen LogP contribution is -2.31. The quantitative estimate of drug-likeness (QED) is 0.712. The van der Waals surface area contributed by atoms with Crippen molar-refractivity contribution in [2.24, 2.45) is 5.41 Å². The molecule has 0 spiro atoms. The second kappa shape index (κ2) is 8.55. The normalized spacial score (nSPS) is 27.1. The molecule has 0 aromatic rings. The molecule has 2 nitrogen and oxygen atoms in total. The summed E-state index contributed by atoms with van der Waals surface area (Å²) in [5.41, 5.74) is -0.167. The first-order valence-corrected chi connectivity index (χ1v) is 6.49. The van der Waals surface area contributed by atoms with Gasteiger partial charge in [0.05, 0.1) is 12.7 Å². The van der Waals surface area contributed by atoms with Gasteiger partial charge in [0.15, 0.2) is 5.60 Å². The average molecular weight is 242 g/mol. The zero-order chi connectivity index (χ0) is 14.1. The molecule has 2 atom stereocenters.